The Balaban J connectivity index is 1.80. The third-order valence-electron chi connectivity index (χ3n) is 5.75. The van der Waals surface area contributed by atoms with E-state index in [9.17, 15) is 4.79 Å². The zero-order chi connectivity index (χ0) is 20.4. The molecule has 1 saturated carbocycles. The molecule has 0 unspecified atom stereocenters. The van der Waals surface area contributed by atoms with Crippen LogP contribution < -0.4 is 5.32 Å². The summed E-state index contributed by atoms with van der Waals surface area (Å²) in [4.78, 5) is 18.8. The maximum atomic E-state index is 12.4. The lowest BCUT2D eigenvalue weighted by Crippen LogP contribution is -2.23. The molecule has 0 radical (unpaired) electrons. The van der Waals surface area contributed by atoms with Crippen LogP contribution in [0.2, 0.25) is 0 Å². The van der Waals surface area contributed by atoms with Gasteiger partial charge >= 0.3 is 5.97 Å². The van der Waals surface area contributed by atoms with Crippen molar-refractivity contribution in [3.05, 3.63) is 40.4 Å². The van der Waals surface area contributed by atoms with Crippen molar-refractivity contribution in [3.8, 4) is 11.3 Å². The van der Waals surface area contributed by atoms with Crippen molar-refractivity contribution >= 4 is 28.1 Å². The number of hydrogen-bond donors (Lipinski definition) is 1. The van der Waals surface area contributed by atoms with Gasteiger partial charge in [-0.05, 0) is 38.7 Å². The minimum absolute atomic E-state index is 0.266. The second-order valence-electron chi connectivity index (χ2n) is 7.69. The molecule has 2 heterocycles. The van der Waals surface area contributed by atoms with Crippen LogP contribution in [0.3, 0.4) is 0 Å². The number of thiazole rings is 1. The molecule has 0 atom stereocenters. The summed E-state index contributed by atoms with van der Waals surface area (Å²) in [6.07, 6.45) is 7.21. The predicted octanol–water partition coefficient (Wildman–Crippen LogP) is 5.85. The Kier molecular flexibility index (Phi) is 5.90. The highest BCUT2D eigenvalue weighted by atomic mass is 32.1. The fraction of sp³-hybridized carbons (Fsp3) is 0.478. The molecule has 29 heavy (non-hydrogen) atoms. The number of fused-ring (bicyclic) bond motifs is 1. The maximum absolute atomic E-state index is 12.4. The van der Waals surface area contributed by atoms with Crippen LogP contribution in [0.15, 0.2) is 24.3 Å². The maximum Gasteiger partial charge on any atom is 0.350 e. The average Bonchev–Trinajstić information content (AvgIpc) is 3.26. The van der Waals surface area contributed by atoms with Gasteiger partial charge in [-0.25, -0.2) is 9.78 Å². The van der Waals surface area contributed by atoms with E-state index in [1.165, 1.54) is 49.0 Å². The number of aryl methyl sites for hydroxylation is 2. The Morgan fingerprint density at radius 1 is 1.21 bits per heavy atom. The lowest BCUT2D eigenvalue weighted by molar-refractivity contribution is 0.0531. The summed E-state index contributed by atoms with van der Waals surface area (Å²) >= 11 is 1.41. The van der Waals surface area contributed by atoms with Crippen LogP contribution in [0.4, 0.5) is 5.82 Å². The van der Waals surface area contributed by atoms with Gasteiger partial charge in [0.25, 0.3) is 0 Å². The number of rotatable bonds is 6. The molecule has 0 bridgehead atoms. The Labute approximate surface area is 176 Å². The molecule has 5 nitrogen and oxygen atoms in total. The molecule has 1 fully saturated rings. The zero-order valence-corrected chi connectivity index (χ0v) is 18.3. The van der Waals surface area contributed by atoms with Crippen LogP contribution in [0.25, 0.3) is 16.2 Å². The number of nitrogens with zero attached hydrogens (tertiary/aromatic N) is 2. The van der Waals surface area contributed by atoms with Gasteiger partial charge in [-0.1, -0.05) is 61.8 Å². The van der Waals surface area contributed by atoms with E-state index in [2.05, 4.69) is 40.9 Å². The van der Waals surface area contributed by atoms with E-state index in [4.69, 9.17) is 9.72 Å². The van der Waals surface area contributed by atoms with E-state index in [0.29, 0.717) is 17.5 Å². The number of imidazole rings is 1. The third kappa shape index (κ3) is 3.90. The minimum Gasteiger partial charge on any atom is -0.462 e. The number of hydrogen-bond acceptors (Lipinski definition) is 5. The summed E-state index contributed by atoms with van der Waals surface area (Å²) < 4.78 is 7.35. The number of anilines is 1. The zero-order valence-electron chi connectivity index (χ0n) is 17.5. The molecule has 1 aromatic carbocycles. The molecule has 6 heteroatoms. The van der Waals surface area contributed by atoms with Gasteiger partial charge in [0.05, 0.1) is 6.61 Å². The van der Waals surface area contributed by atoms with Crippen molar-refractivity contribution in [2.45, 2.75) is 65.3 Å². The molecule has 0 amide bonds. The van der Waals surface area contributed by atoms with Crippen molar-refractivity contribution < 1.29 is 9.53 Å². The minimum atomic E-state index is -0.266. The molecule has 2 aromatic heterocycles. The van der Waals surface area contributed by atoms with Crippen molar-refractivity contribution in [2.75, 3.05) is 11.9 Å². The van der Waals surface area contributed by atoms with Crippen LogP contribution in [0.1, 0.15) is 66.9 Å². The third-order valence-corrected chi connectivity index (χ3v) is 6.87. The van der Waals surface area contributed by atoms with Crippen LogP contribution in [0, 0.1) is 6.92 Å². The molecule has 0 aliphatic heterocycles. The van der Waals surface area contributed by atoms with Gasteiger partial charge in [-0.3, -0.25) is 4.40 Å². The monoisotopic (exact) mass is 411 g/mol. The second-order valence-corrected chi connectivity index (χ2v) is 8.67. The highest BCUT2D eigenvalue weighted by Crippen LogP contribution is 2.36. The van der Waals surface area contributed by atoms with Crippen molar-refractivity contribution in [2.24, 2.45) is 0 Å². The molecule has 3 aromatic rings. The van der Waals surface area contributed by atoms with Crippen molar-refractivity contribution in [3.63, 3.8) is 0 Å². The standard InChI is InChI=1S/C23H29N3O2S/c1-4-16-11-13-17(14-12-16)19-21(24-18-9-7-6-8-10-18)26-15(3)20(22(27)28-5-2)29-23(26)25-19/h11-14,18,24H,4-10H2,1-3H3. The topological polar surface area (TPSA) is 55.6 Å². The van der Waals surface area contributed by atoms with Gasteiger partial charge in [-0.15, -0.1) is 0 Å². The van der Waals surface area contributed by atoms with Gasteiger partial charge in [0.1, 0.15) is 16.4 Å². The van der Waals surface area contributed by atoms with Crippen LogP contribution in [-0.2, 0) is 11.2 Å². The summed E-state index contributed by atoms with van der Waals surface area (Å²) in [6, 6.07) is 9.09. The summed E-state index contributed by atoms with van der Waals surface area (Å²) in [5.41, 5.74) is 4.28. The lowest BCUT2D eigenvalue weighted by atomic mass is 9.95. The molecule has 1 aliphatic carbocycles. The summed E-state index contributed by atoms with van der Waals surface area (Å²) in [6.45, 7) is 6.35. The van der Waals surface area contributed by atoms with E-state index >= 15 is 0 Å². The van der Waals surface area contributed by atoms with Crippen molar-refractivity contribution in [1.82, 2.24) is 9.38 Å². The molecule has 1 N–H and O–H groups in total. The van der Waals surface area contributed by atoms with E-state index in [0.717, 1.165) is 34.2 Å². The number of esters is 1. The number of aromatic nitrogens is 2. The van der Waals surface area contributed by atoms with Gasteiger partial charge in [0.2, 0.25) is 0 Å². The fourth-order valence-corrected chi connectivity index (χ4v) is 5.13. The largest absolute Gasteiger partial charge is 0.462 e. The van der Waals surface area contributed by atoms with Crippen molar-refractivity contribution in [1.29, 1.82) is 0 Å². The Morgan fingerprint density at radius 3 is 2.59 bits per heavy atom. The number of benzene rings is 1. The predicted molar refractivity (Wildman–Crippen MR) is 119 cm³/mol. The SMILES string of the molecule is CCOC(=O)c1sc2nc(-c3ccc(CC)cc3)c(NC3CCCCC3)n2c1C. The Bertz CT molecular complexity index is 997. The van der Waals surface area contributed by atoms with Crippen LogP contribution in [-0.4, -0.2) is 28.0 Å². The number of ether oxygens (including phenoxy) is 1. The first-order chi connectivity index (χ1) is 14.1. The Morgan fingerprint density at radius 2 is 1.93 bits per heavy atom. The number of nitrogens with one attached hydrogen (secondary N) is 1. The number of carbonyl (C=O) groups excluding carboxylic acids is 1. The van der Waals surface area contributed by atoms with Gasteiger partial charge < -0.3 is 10.1 Å². The first-order valence-corrected chi connectivity index (χ1v) is 11.5. The first kappa shape index (κ1) is 20.0. The average molecular weight is 412 g/mol. The Hall–Kier alpha value is -2.34. The van der Waals surface area contributed by atoms with E-state index in [-0.39, 0.29) is 5.97 Å². The number of carbonyl (C=O) groups is 1. The molecular formula is C23H29N3O2S. The van der Waals surface area contributed by atoms with E-state index < -0.39 is 0 Å². The fourth-order valence-electron chi connectivity index (χ4n) is 4.11. The summed E-state index contributed by atoms with van der Waals surface area (Å²) in [7, 11) is 0. The molecule has 0 saturated heterocycles. The highest BCUT2D eigenvalue weighted by Gasteiger charge is 2.25. The molecule has 0 spiro atoms. The smallest absolute Gasteiger partial charge is 0.350 e. The molecular weight excluding hydrogens is 382 g/mol. The van der Waals surface area contributed by atoms with E-state index in [1.807, 2.05) is 13.8 Å². The van der Waals surface area contributed by atoms with Crippen LogP contribution >= 0.6 is 11.3 Å². The second kappa shape index (κ2) is 8.57. The lowest BCUT2D eigenvalue weighted by Gasteiger charge is -2.24. The molecule has 154 valence electrons. The summed E-state index contributed by atoms with van der Waals surface area (Å²) in [5, 5.41) is 3.78. The van der Waals surface area contributed by atoms with Gasteiger partial charge in [0.15, 0.2) is 4.96 Å². The molecule has 4 rings (SSSR count). The first-order valence-electron chi connectivity index (χ1n) is 10.7. The van der Waals surface area contributed by atoms with Gasteiger partial charge in [-0.2, -0.15) is 0 Å². The van der Waals surface area contributed by atoms with E-state index in [1.54, 1.807) is 0 Å². The summed E-state index contributed by atoms with van der Waals surface area (Å²) in [5.74, 6) is 0.735. The highest BCUT2D eigenvalue weighted by molar-refractivity contribution is 7.19. The van der Waals surface area contributed by atoms with Gasteiger partial charge in [0, 0.05) is 17.3 Å². The van der Waals surface area contributed by atoms with Crippen LogP contribution in [0.5, 0.6) is 0 Å². The molecule has 1 aliphatic rings. The normalized spacial score (nSPS) is 15.0. The quantitative estimate of drug-likeness (QED) is 0.517.